The lowest BCUT2D eigenvalue weighted by molar-refractivity contribution is 0.0217. The van der Waals surface area contributed by atoms with E-state index in [2.05, 4.69) is 22.1 Å². The zero-order valence-electron chi connectivity index (χ0n) is 15.3. The molecule has 4 heterocycles. The van der Waals surface area contributed by atoms with Crippen molar-refractivity contribution in [1.29, 1.82) is 0 Å². The van der Waals surface area contributed by atoms with Crippen LogP contribution in [0.1, 0.15) is 35.8 Å². The molecule has 0 saturated carbocycles. The standard InChI is InChI=1S/C21H25N3O2/c1-14-4-3-5-19(22-14)26-18-8-6-17(7-9-18)21(25)23-20-15(2)24-12-10-16(20)11-13-24/h3-9,15-16,20H,10-13H2,1-2H3,(H,23,25). The summed E-state index contributed by atoms with van der Waals surface area (Å²) in [5.41, 5.74) is 1.57. The van der Waals surface area contributed by atoms with Crippen LogP contribution in [-0.4, -0.2) is 41.0 Å². The molecule has 1 N–H and O–H groups in total. The second-order valence-electron chi connectivity index (χ2n) is 7.36. The summed E-state index contributed by atoms with van der Waals surface area (Å²) in [4.78, 5) is 19.5. The van der Waals surface area contributed by atoms with E-state index in [0.29, 0.717) is 29.2 Å². The molecule has 136 valence electrons. The molecule has 5 nitrogen and oxygen atoms in total. The third kappa shape index (κ3) is 3.44. The van der Waals surface area contributed by atoms with Crippen LogP contribution in [0.3, 0.4) is 0 Å². The molecule has 5 heteroatoms. The van der Waals surface area contributed by atoms with Gasteiger partial charge in [-0.3, -0.25) is 9.69 Å². The molecule has 0 radical (unpaired) electrons. The Kier molecular flexibility index (Phi) is 4.64. The number of fused-ring (bicyclic) bond motifs is 3. The number of aryl methyl sites for hydroxylation is 1. The van der Waals surface area contributed by atoms with Crippen molar-refractivity contribution in [2.24, 2.45) is 5.92 Å². The summed E-state index contributed by atoms with van der Waals surface area (Å²) < 4.78 is 5.75. The summed E-state index contributed by atoms with van der Waals surface area (Å²) in [6.07, 6.45) is 2.37. The highest BCUT2D eigenvalue weighted by Crippen LogP contribution is 2.32. The maximum Gasteiger partial charge on any atom is 0.251 e. The number of carbonyl (C=O) groups is 1. The molecule has 0 spiro atoms. The molecule has 5 rings (SSSR count). The Morgan fingerprint density at radius 3 is 2.54 bits per heavy atom. The van der Waals surface area contributed by atoms with Crippen molar-refractivity contribution in [2.75, 3.05) is 13.1 Å². The van der Waals surface area contributed by atoms with E-state index in [1.165, 1.54) is 12.8 Å². The number of piperidine rings is 3. The molecule has 3 fully saturated rings. The lowest BCUT2D eigenvalue weighted by atomic mass is 9.79. The summed E-state index contributed by atoms with van der Waals surface area (Å²) in [7, 11) is 0. The molecule has 3 aliphatic heterocycles. The maximum absolute atomic E-state index is 12.7. The van der Waals surface area contributed by atoms with E-state index in [9.17, 15) is 4.79 Å². The molecular weight excluding hydrogens is 326 g/mol. The highest BCUT2D eigenvalue weighted by Gasteiger charge is 2.40. The number of carbonyl (C=O) groups excluding carboxylic acids is 1. The number of rotatable bonds is 4. The highest BCUT2D eigenvalue weighted by atomic mass is 16.5. The van der Waals surface area contributed by atoms with Crippen LogP contribution in [0.5, 0.6) is 11.6 Å². The average molecular weight is 351 g/mol. The average Bonchev–Trinajstić information content (AvgIpc) is 2.65. The van der Waals surface area contributed by atoms with E-state index >= 15 is 0 Å². The molecule has 0 aliphatic carbocycles. The van der Waals surface area contributed by atoms with Gasteiger partial charge < -0.3 is 10.1 Å². The van der Waals surface area contributed by atoms with E-state index in [0.717, 1.165) is 18.8 Å². The van der Waals surface area contributed by atoms with Gasteiger partial charge in [0.15, 0.2) is 0 Å². The summed E-state index contributed by atoms with van der Waals surface area (Å²) in [5.74, 6) is 1.84. The van der Waals surface area contributed by atoms with Gasteiger partial charge in [0.05, 0.1) is 0 Å². The fourth-order valence-electron chi connectivity index (χ4n) is 4.15. The van der Waals surface area contributed by atoms with Crippen LogP contribution in [0, 0.1) is 12.8 Å². The topological polar surface area (TPSA) is 54.5 Å². The molecule has 2 aromatic rings. The second-order valence-corrected chi connectivity index (χ2v) is 7.36. The minimum atomic E-state index is -0.00386. The number of aromatic nitrogens is 1. The van der Waals surface area contributed by atoms with Crippen LogP contribution < -0.4 is 10.1 Å². The maximum atomic E-state index is 12.7. The predicted octanol–water partition coefficient (Wildman–Crippen LogP) is 3.39. The first kappa shape index (κ1) is 17.0. The highest BCUT2D eigenvalue weighted by molar-refractivity contribution is 5.94. The van der Waals surface area contributed by atoms with Crippen molar-refractivity contribution >= 4 is 5.91 Å². The van der Waals surface area contributed by atoms with Crippen LogP contribution >= 0.6 is 0 Å². The molecule has 1 aromatic carbocycles. The van der Waals surface area contributed by atoms with Crippen molar-refractivity contribution in [3.8, 4) is 11.6 Å². The van der Waals surface area contributed by atoms with E-state index in [1.54, 1.807) is 0 Å². The van der Waals surface area contributed by atoms with Gasteiger partial charge in [0.25, 0.3) is 5.91 Å². The van der Waals surface area contributed by atoms with Crippen molar-refractivity contribution in [2.45, 2.75) is 38.8 Å². The fraction of sp³-hybridized carbons (Fsp3) is 0.429. The van der Waals surface area contributed by atoms with Crippen LogP contribution in [0.2, 0.25) is 0 Å². The lowest BCUT2D eigenvalue weighted by Crippen LogP contribution is -2.62. The van der Waals surface area contributed by atoms with Gasteiger partial charge in [-0.15, -0.1) is 0 Å². The molecule has 2 unspecified atom stereocenters. The van der Waals surface area contributed by atoms with Gasteiger partial charge in [-0.2, -0.15) is 0 Å². The van der Waals surface area contributed by atoms with Gasteiger partial charge in [-0.25, -0.2) is 4.98 Å². The first-order valence-corrected chi connectivity index (χ1v) is 9.36. The molecule has 2 atom stereocenters. The fourth-order valence-corrected chi connectivity index (χ4v) is 4.15. The predicted molar refractivity (Wildman–Crippen MR) is 101 cm³/mol. The van der Waals surface area contributed by atoms with Gasteiger partial charge in [-0.1, -0.05) is 6.07 Å². The summed E-state index contributed by atoms with van der Waals surface area (Å²) >= 11 is 0. The molecule has 2 bridgehead atoms. The third-order valence-corrected chi connectivity index (χ3v) is 5.68. The Hall–Kier alpha value is -2.40. The van der Waals surface area contributed by atoms with E-state index in [1.807, 2.05) is 49.4 Å². The van der Waals surface area contributed by atoms with E-state index in [4.69, 9.17) is 4.74 Å². The molecule has 1 aromatic heterocycles. The SMILES string of the molecule is Cc1cccc(Oc2ccc(C(=O)NC3C4CCN(CC4)C3C)cc2)n1. The summed E-state index contributed by atoms with van der Waals surface area (Å²) in [5, 5.41) is 3.26. The number of pyridine rings is 1. The van der Waals surface area contributed by atoms with Crippen molar-refractivity contribution in [3.63, 3.8) is 0 Å². The van der Waals surface area contributed by atoms with Crippen LogP contribution in [-0.2, 0) is 0 Å². The summed E-state index contributed by atoms with van der Waals surface area (Å²) in [6, 6.07) is 13.6. The monoisotopic (exact) mass is 351 g/mol. The first-order valence-electron chi connectivity index (χ1n) is 9.36. The molecule has 26 heavy (non-hydrogen) atoms. The van der Waals surface area contributed by atoms with Gasteiger partial charge in [0, 0.05) is 29.4 Å². The Labute approximate surface area is 154 Å². The smallest absolute Gasteiger partial charge is 0.251 e. The van der Waals surface area contributed by atoms with Gasteiger partial charge in [0.2, 0.25) is 5.88 Å². The minimum absolute atomic E-state index is 0.00386. The zero-order chi connectivity index (χ0) is 18.1. The Balaban J connectivity index is 1.41. The minimum Gasteiger partial charge on any atom is -0.439 e. The number of benzene rings is 1. The van der Waals surface area contributed by atoms with Crippen molar-refractivity contribution in [1.82, 2.24) is 15.2 Å². The Bertz CT molecular complexity index is 780. The van der Waals surface area contributed by atoms with Crippen molar-refractivity contribution in [3.05, 3.63) is 53.7 Å². The number of nitrogens with one attached hydrogen (secondary N) is 1. The molecule has 1 amide bonds. The van der Waals surface area contributed by atoms with Gasteiger partial charge in [0.1, 0.15) is 5.75 Å². The summed E-state index contributed by atoms with van der Waals surface area (Å²) in [6.45, 7) is 6.48. The van der Waals surface area contributed by atoms with E-state index in [-0.39, 0.29) is 11.9 Å². The van der Waals surface area contributed by atoms with Gasteiger partial charge >= 0.3 is 0 Å². The number of ether oxygens (including phenoxy) is 1. The Morgan fingerprint density at radius 1 is 1.15 bits per heavy atom. The van der Waals surface area contributed by atoms with Crippen LogP contribution in [0.15, 0.2) is 42.5 Å². The molecular formula is C21H25N3O2. The molecule has 3 aliphatic rings. The van der Waals surface area contributed by atoms with Crippen LogP contribution in [0.4, 0.5) is 0 Å². The normalized spacial score (nSPS) is 27.2. The molecule has 3 saturated heterocycles. The van der Waals surface area contributed by atoms with Crippen LogP contribution in [0.25, 0.3) is 0 Å². The zero-order valence-corrected chi connectivity index (χ0v) is 15.3. The second kappa shape index (κ2) is 7.08. The largest absolute Gasteiger partial charge is 0.439 e. The lowest BCUT2D eigenvalue weighted by Gasteiger charge is -2.49. The Morgan fingerprint density at radius 2 is 1.88 bits per heavy atom. The van der Waals surface area contributed by atoms with Gasteiger partial charge in [-0.05, 0) is 76.0 Å². The number of hydrogen-bond donors (Lipinski definition) is 1. The quantitative estimate of drug-likeness (QED) is 0.917. The number of nitrogens with zero attached hydrogens (tertiary/aromatic N) is 2. The van der Waals surface area contributed by atoms with Crippen molar-refractivity contribution < 1.29 is 9.53 Å². The first-order chi connectivity index (χ1) is 12.6. The van der Waals surface area contributed by atoms with E-state index < -0.39 is 0 Å². The third-order valence-electron chi connectivity index (χ3n) is 5.68. The number of amides is 1. The number of hydrogen-bond acceptors (Lipinski definition) is 4.